The molecule has 5 N–H and O–H groups in total. The van der Waals surface area contributed by atoms with Crippen molar-refractivity contribution < 1.29 is 19.8 Å². The van der Waals surface area contributed by atoms with E-state index in [9.17, 15) is 10.5 Å². The van der Waals surface area contributed by atoms with E-state index in [-0.39, 0.29) is 5.84 Å². The number of nitriles is 2. The van der Waals surface area contributed by atoms with Crippen LogP contribution in [0.2, 0.25) is 0 Å². The molecule has 0 saturated heterocycles. The van der Waals surface area contributed by atoms with Gasteiger partial charge in [-0.3, -0.25) is 5.73 Å². The van der Waals surface area contributed by atoms with Crippen molar-refractivity contribution >= 4 is 5.84 Å². The van der Waals surface area contributed by atoms with Gasteiger partial charge < -0.3 is 14.8 Å². The van der Waals surface area contributed by atoms with Crippen LogP contribution in [0.1, 0.15) is 18.5 Å². The van der Waals surface area contributed by atoms with Crippen molar-refractivity contribution in [2.45, 2.75) is 18.9 Å². The van der Waals surface area contributed by atoms with Gasteiger partial charge >= 0.3 is 5.91 Å². The first-order valence-electron chi connectivity index (χ1n) is 7.90. The van der Waals surface area contributed by atoms with E-state index in [1.165, 1.54) is 14.2 Å². The Labute approximate surface area is 146 Å². The Balaban J connectivity index is 2.38. The molecule has 0 amide bonds. The predicted octanol–water partition coefficient (Wildman–Crippen LogP) is -1.37. The molecule has 1 aromatic rings. The maximum Gasteiger partial charge on any atom is 0.346 e. The minimum atomic E-state index is -1.55. The summed E-state index contributed by atoms with van der Waals surface area (Å²) in [5.41, 5.74) is 5.23. The van der Waals surface area contributed by atoms with Gasteiger partial charge in [0.1, 0.15) is 11.7 Å². The predicted molar refractivity (Wildman–Crippen MR) is 87.9 cm³/mol. The number of ether oxygens (including phenoxy) is 2. The Hall–Kier alpha value is -2.71. The van der Waals surface area contributed by atoms with Gasteiger partial charge in [-0.1, -0.05) is 30.3 Å². The summed E-state index contributed by atoms with van der Waals surface area (Å²) in [6.45, 7) is 1.89. The number of benzene rings is 1. The zero-order valence-electron chi connectivity index (χ0n) is 14.4. The van der Waals surface area contributed by atoms with Crippen LogP contribution in [-0.4, -0.2) is 26.0 Å². The molecule has 0 radical (unpaired) electrons. The molecule has 128 valence electrons. The third-order valence-corrected chi connectivity index (χ3v) is 5.29. The Morgan fingerprint density at radius 1 is 1.16 bits per heavy atom. The van der Waals surface area contributed by atoms with Crippen LogP contribution in [-0.2, 0) is 9.47 Å². The van der Waals surface area contributed by atoms with Gasteiger partial charge in [0.2, 0.25) is 10.8 Å². The third kappa shape index (κ3) is 1.86. The number of amidine groups is 1. The highest BCUT2D eigenvalue weighted by Gasteiger charge is 2.81. The fourth-order valence-electron chi connectivity index (χ4n) is 4.17. The number of hydrogen-bond acceptors (Lipinski definition) is 5. The molecule has 0 aliphatic carbocycles. The van der Waals surface area contributed by atoms with Gasteiger partial charge in [0, 0.05) is 32.8 Å². The van der Waals surface area contributed by atoms with Crippen LogP contribution in [0.15, 0.2) is 42.1 Å². The Bertz CT molecular complexity index is 831. The largest absolute Gasteiger partial charge is 0.346 e. The first-order valence-corrected chi connectivity index (χ1v) is 7.90. The average Bonchev–Trinajstić information content (AvgIpc) is 2.87. The number of nitrogens with zero attached hydrogens (tertiary/aromatic N) is 2. The number of hydrogen-bond donors (Lipinski definition) is 3. The molecular weight excluding hydrogens is 318 g/mol. The van der Waals surface area contributed by atoms with Gasteiger partial charge in [-0.15, -0.1) is 0 Å². The number of nitrogens with two attached hydrogens (primary N) is 2. The number of fused-ring (bicyclic) bond motifs is 1. The normalized spacial score (nSPS) is 32.8. The molecule has 0 fully saturated rings. The fraction of sp³-hybridized carbons (Fsp3) is 0.389. The summed E-state index contributed by atoms with van der Waals surface area (Å²) in [5.74, 6) is -1.39. The SMILES string of the molecule is COC1(OC)[NH+]=C(N)[C@@]2(C#N)[C@H](c3ccccc3)[NH2+]C(C)=C[C@]12C#N. The topological polar surface area (TPSA) is 123 Å². The van der Waals surface area contributed by atoms with Crippen molar-refractivity contribution in [2.24, 2.45) is 16.6 Å². The molecule has 0 spiro atoms. The van der Waals surface area contributed by atoms with Crippen molar-refractivity contribution in [3.05, 3.63) is 47.7 Å². The molecule has 2 aliphatic rings. The van der Waals surface area contributed by atoms with E-state index in [4.69, 9.17) is 15.2 Å². The van der Waals surface area contributed by atoms with E-state index in [1.54, 1.807) is 6.08 Å². The zero-order valence-corrected chi connectivity index (χ0v) is 14.4. The Morgan fingerprint density at radius 3 is 2.32 bits per heavy atom. The lowest BCUT2D eigenvalue weighted by Crippen LogP contribution is -2.91. The fourth-order valence-corrected chi connectivity index (χ4v) is 4.17. The summed E-state index contributed by atoms with van der Waals surface area (Å²) in [7, 11) is 2.85. The number of nitrogens with one attached hydrogen (secondary N) is 1. The van der Waals surface area contributed by atoms with E-state index < -0.39 is 22.8 Å². The highest BCUT2D eigenvalue weighted by molar-refractivity contribution is 5.89. The maximum absolute atomic E-state index is 10.3. The van der Waals surface area contributed by atoms with Crippen LogP contribution in [0.3, 0.4) is 0 Å². The molecule has 3 rings (SSSR count). The summed E-state index contributed by atoms with van der Waals surface area (Å²) < 4.78 is 11.2. The number of rotatable bonds is 3. The standard InChI is InChI=1S/C18H19N5O2/c1-12-9-16(10-19)17(11-20,15(21)23-18(16,24-2)25-3)14(22-12)13-7-5-4-6-8-13/h4-9,14,22H,1-3H3,(H2,21,23)/p+2/t14-,16+,17+/m0/s1. The van der Waals surface area contributed by atoms with Crippen LogP contribution in [0, 0.1) is 33.5 Å². The first kappa shape index (κ1) is 17.1. The third-order valence-electron chi connectivity index (χ3n) is 5.29. The Kier molecular flexibility index (Phi) is 3.89. The quantitative estimate of drug-likeness (QED) is 0.586. The second kappa shape index (κ2) is 5.68. The smallest absolute Gasteiger partial charge is 0.316 e. The van der Waals surface area contributed by atoms with Gasteiger partial charge in [-0.05, 0) is 0 Å². The van der Waals surface area contributed by atoms with Crippen LogP contribution in [0.5, 0.6) is 0 Å². The molecule has 2 heterocycles. The molecule has 7 nitrogen and oxygen atoms in total. The minimum absolute atomic E-state index is 0.161. The lowest BCUT2D eigenvalue weighted by atomic mass is 9.57. The highest BCUT2D eigenvalue weighted by Crippen LogP contribution is 2.56. The molecule has 0 saturated carbocycles. The van der Waals surface area contributed by atoms with E-state index in [1.807, 2.05) is 42.6 Å². The maximum atomic E-state index is 10.3. The van der Waals surface area contributed by atoms with Gasteiger partial charge in [-0.2, -0.15) is 10.5 Å². The van der Waals surface area contributed by atoms with Crippen molar-refractivity contribution in [3.63, 3.8) is 0 Å². The lowest BCUT2D eigenvalue weighted by Gasteiger charge is -2.43. The van der Waals surface area contributed by atoms with Crippen molar-refractivity contribution in [3.8, 4) is 12.1 Å². The summed E-state index contributed by atoms with van der Waals surface area (Å²) in [4.78, 5) is 2.95. The summed E-state index contributed by atoms with van der Waals surface area (Å²) in [6.07, 6.45) is 1.72. The number of quaternary nitrogens is 1. The highest BCUT2D eigenvalue weighted by atomic mass is 16.7. The lowest BCUT2D eigenvalue weighted by molar-refractivity contribution is -0.697. The molecule has 1 aromatic carbocycles. The molecule has 0 unspecified atom stereocenters. The molecule has 7 heteroatoms. The molecular formula is C18H21N5O2+2. The number of allylic oxidation sites excluding steroid dienone is 1. The molecule has 0 bridgehead atoms. The second-order valence-electron chi connectivity index (χ2n) is 6.35. The van der Waals surface area contributed by atoms with Gasteiger partial charge in [0.25, 0.3) is 5.84 Å². The summed E-state index contributed by atoms with van der Waals surface area (Å²) >= 11 is 0. The zero-order chi connectivity index (χ0) is 18.3. The summed E-state index contributed by atoms with van der Waals surface area (Å²) in [5, 5.41) is 22.4. The average molecular weight is 339 g/mol. The minimum Gasteiger partial charge on any atom is -0.316 e. The first-order chi connectivity index (χ1) is 12.0. The van der Waals surface area contributed by atoms with Crippen molar-refractivity contribution in [1.29, 1.82) is 10.5 Å². The van der Waals surface area contributed by atoms with E-state index in [0.29, 0.717) is 0 Å². The van der Waals surface area contributed by atoms with Crippen LogP contribution in [0.4, 0.5) is 0 Å². The van der Waals surface area contributed by atoms with Crippen LogP contribution < -0.4 is 16.0 Å². The van der Waals surface area contributed by atoms with E-state index >= 15 is 0 Å². The van der Waals surface area contributed by atoms with Crippen molar-refractivity contribution in [1.82, 2.24) is 0 Å². The van der Waals surface area contributed by atoms with Crippen LogP contribution >= 0.6 is 0 Å². The second-order valence-corrected chi connectivity index (χ2v) is 6.35. The van der Waals surface area contributed by atoms with E-state index in [2.05, 4.69) is 17.1 Å². The van der Waals surface area contributed by atoms with Crippen molar-refractivity contribution in [2.75, 3.05) is 14.2 Å². The number of methoxy groups -OCH3 is 2. The monoisotopic (exact) mass is 339 g/mol. The van der Waals surface area contributed by atoms with Gasteiger partial charge in [0.15, 0.2) is 0 Å². The molecule has 2 aliphatic heterocycles. The van der Waals surface area contributed by atoms with E-state index in [0.717, 1.165) is 11.3 Å². The van der Waals surface area contributed by atoms with Crippen LogP contribution in [0.25, 0.3) is 0 Å². The Morgan fingerprint density at radius 2 is 1.80 bits per heavy atom. The summed E-state index contributed by atoms with van der Waals surface area (Å²) in [6, 6.07) is 13.7. The molecule has 25 heavy (non-hydrogen) atoms. The molecule has 3 atom stereocenters. The van der Waals surface area contributed by atoms with Gasteiger partial charge in [0.05, 0.1) is 12.1 Å². The van der Waals surface area contributed by atoms with Gasteiger partial charge in [-0.25, -0.2) is 4.99 Å². The molecule has 0 aromatic heterocycles.